The number of esters is 1. The molecule has 114 valence electrons. The lowest BCUT2D eigenvalue weighted by atomic mass is 9.76. The number of aliphatic hydroxyl groups excluding tert-OH is 1. The summed E-state index contributed by atoms with van der Waals surface area (Å²) in [6, 6.07) is 6.31. The van der Waals surface area contributed by atoms with Gasteiger partial charge >= 0.3 is 5.97 Å². The van der Waals surface area contributed by atoms with Crippen LogP contribution in [0.5, 0.6) is 0 Å². The number of benzene rings is 1. The number of carbonyl (C=O) groups is 1. The minimum absolute atomic E-state index is 0.0404. The molecule has 5 unspecified atom stereocenters. The van der Waals surface area contributed by atoms with Gasteiger partial charge in [0.1, 0.15) is 5.82 Å². The number of nitrogens with zero attached hydrogens (tertiary/aromatic N) is 1. The Morgan fingerprint density at radius 1 is 1.33 bits per heavy atom. The van der Waals surface area contributed by atoms with Crippen molar-refractivity contribution in [2.24, 2.45) is 5.92 Å². The third-order valence-electron chi connectivity index (χ3n) is 5.05. The van der Waals surface area contributed by atoms with Crippen molar-refractivity contribution in [3.63, 3.8) is 0 Å². The highest BCUT2D eigenvalue weighted by atomic mass is 19.1. The lowest BCUT2D eigenvalue weighted by Gasteiger charge is -2.42. The first kappa shape index (κ1) is 14.5. The molecule has 0 saturated carbocycles. The molecular formula is C16H20FNO3. The molecule has 0 amide bonds. The van der Waals surface area contributed by atoms with Gasteiger partial charge in [0, 0.05) is 18.0 Å². The molecule has 0 aliphatic carbocycles. The van der Waals surface area contributed by atoms with Crippen LogP contribution >= 0.6 is 0 Å². The zero-order valence-corrected chi connectivity index (χ0v) is 12.2. The summed E-state index contributed by atoms with van der Waals surface area (Å²) in [7, 11) is 3.32. The highest BCUT2D eigenvalue weighted by Gasteiger charge is 2.53. The lowest BCUT2D eigenvalue weighted by Crippen LogP contribution is -2.51. The van der Waals surface area contributed by atoms with Crippen LogP contribution in [-0.4, -0.2) is 48.3 Å². The molecule has 0 aromatic heterocycles. The summed E-state index contributed by atoms with van der Waals surface area (Å²) in [5.41, 5.74) is 0.934. The molecule has 2 aliphatic heterocycles. The lowest BCUT2D eigenvalue weighted by molar-refractivity contribution is -0.151. The second-order valence-corrected chi connectivity index (χ2v) is 6.06. The largest absolute Gasteiger partial charge is 0.469 e. The minimum atomic E-state index is -0.519. The third-order valence-corrected chi connectivity index (χ3v) is 5.05. The first-order chi connectivity index (χ1) is 10.0. The molecule has 1 N–H and O–H groups in total. The van der Waals surface area contributed by atoms with Crippen molar-refractivity contribution in [3.8, 4) is 0 Å². The quantitative estimate of drug-likeness (QED) is 0.840. The van der Waals surface area contributed by atoms with E-state index in [4.69, 9.17) is 4.74 Å². The van der Waals surface area contributed by atoms with E-state index in [1.165, 1.54) is 19.2 Å². The van der Waals surface area contributed by atoms with E-state index >= 15 is 0 Å². The SMILES string of the molecule is COC(=O)C1C(c2ccc(F)cc2)CC2CC(O)C1N2C. The van der Waals surface area contributed by atoms with E-state index in [2.05, 4.69) is 4.90 Å². The monoisotopic (exact) mass is 293 g/mol. The van der Waals surface area contributed by atoms with E-state index in [1.807, 2.05) is 7.05 Å². The van der Waals surface area contributed by atoms with Crippen molar-refractivity contribution in [1.29, 1.82) is 0 Å². The summed E-state index contributed by atoms with van der Waals surface area (Å²) in [6.07, 6.45) is 0.927. The molecule has 2 saturated heterocycles. The summed E-state index contributed by atoms with van der Waals surface area (Å²) in [5.74, 6) is -1.05. The van der Waals surface area contributed by atoms with E-state index in [9.17, 15) is 14.3 Å². The third kappa shape index (κ3) is 2.34. The Bertz CT molecular complexity index is 533. The number of piperidine rings is 1. The predicted octanol–water partition coefficient (Wildman–Crippen LogP) is 1.54. The summed E-state index contributed by atoms with van der Waals surface area (Å²) >= 11 is 0. The minimum Gasteiger partial charge on any atom is -0.469 e. The molecule has 5 heteroatoms. The molecule has 21 heavy (non-hydrogen) atoms. The van der Waals surface area contributed by atoms with E-state index in [-0.39, 0.29) is 29.8 Å². The highest BCUT2D eigenvalue weighted by molar-refractivity contribution is 5.75. The van der Waals surface area contributed by atoms with Gasteiger partial charge in [-0.15, -0.1) is 0 Å². The van der Waals surface area contributed by atoms with Gasteiger partial charge in [-0.25, -0.2) is 4.39 Å². The summed E-state index contributed by atoms with van der Waals surface area (Å²) in [5, 5.41) is 10.3. The highest BCUT2D eigenvalue weighted by Crippen LogP contribution is 2.46. The Morgan fingerprint density at radius 2 is 2.00 bits per heavy atom. The molecule has 3 rings (SSSR count). The number of hydrogen-bond donors (Lipinski definition) is 1. The number of carbonyl (C=O) groups excluding carboxylic acids is 1. The molecule has 0 spiro atoms. The Hall–Kier alpha value is -1.46. The Labute approximate surface area is 123 Å². The van der Waals surface area contributed by atoms with Crippen LogP contribution in [0, 0.1) is 11.7 Å². The van der Waals surface area contributed by atoms with Crippen molar-refractivity contribution in [2.45, 2.75) is 36.9 Å². The normalized spacial score (nSPS) is 35.7. The Kier molecular flexibility index (Phi) is 3.71. The molecule has 4 nitrogen and oxygen atoms in total. The van der Waals surface area contributed by atoms with Gasteiger partial charge in [-0.2, -0.15) is 0 Å². The van der Waals surface area contributed by atoms with Crippen LogP contribution in [-0.2, 0) is 9.53 Å². The van der Waals surface area contributed by atoms with Crippen LogP contribution < -0.4 is 0 Å². The molecule has 1 aromatic carbocycles. The molecule has 2 fully saturated rings. The number of hydrogen-bond acceptors (Lipinski definition) is 4. The average Bonchev–Trinajstić information content (AvgIpc) is 2.66. The zero-order valence-electron chi connectivity index (χ0n) is 12.2. The zero-order chi connectivity index (χ0) is 15.1. The van der Waals surface area contributed by atoms with Gasteiger partial charge in [0.15, 0.2) is 0 Å². The number of aliphatic hydroxyl groups is 1. The number of fused-ring (bicyclic) bond motifs is 2. The molecule has 2 heterocycles. The second kappa shape index (κ2) is 5.39. The maximum atomic E-state index is 13.1. The van der Waals surface area contributed by atoms with Crippen molar-refractivity contribution in [3.05, 3.63) is 35.6 Å². The maximum absolute atomic E-state index is 13.1. The van der Waals surface area contributed by atoms with Crippen LogP contribution in [0.3, 0.4) is 0 Å². The van der Waals surface area contributed by atoms with Gasteiger partial charge in [-0.05, 0) is 37.6 Å². The molecule has 5 atom stereocenters. The van der Waals surface area contributed by atoms with Crippen molar-refractivity contribution in [2.75, 3.05) is 14.2 Å². The fourth-order valence-electron chi connectivity index (χ4n) is 4.03. The predicted molar refractivity (Wildman–Crippen MR) is 75.2 cm³/mol. The van der Waals surface area contributed by atoms with Gasteiger partial charge in [-0.3, -0.25) is 9.69 Å². The van der Waals surface area contributed by atoms with Crippen molar-refractivity contribution < 1.29 is 19.0 Å². The van der Waals surface area contributed by atoms with Gasteiger partial charge < -0.3 is 9.84 Å². The molecule has 2 bridgehead atoms. The van der Waals surface area contributed by atoms with Crippen molar-refractivity contribution >= 4 is 5.97 Å². The van der Waals surface area contributed by atoms with Gasteiger partial charge in [-0.1, -0.05) is 12.1 Å². The van der Waals surface area contributed by atoms with E-state index < -0.39 is 12.0 Å². The molecular weight excluding hydrogens is 273 g/mol. The van der Waals surface area contributed by atoms with Crippen LogP contribution in [0.25, 0.3) is 0 Å². The Balaban J connectivity index is 1.98. The fraction of sp³-hybridized carbons (Fsp3) is 0.562. The number of rotatable bonds is 2. The van der Waals surface area contributed by atoms with E-state index in [0.29, 0.717) is 6.42 Å². The number of likely N-dealkylation sites (N-methyl/N-ethyl adjacent to an activating group) is 1. The van der Waals surface area contributed by atoms with Crippen LogP contribution in [0.1, 0.15) is 24.3 Å². The standard InChI is InChI=1S/C16H20FNO3/c1-18-11-7-12(9-3-5-10(17)6-4-9)14(16(20)21-2)15(18)13(19)8-11/h3-6,11-15,19H,7-8H2,1-2H3. The Morgan fingerprint density at radius 3 is 2.62 bits per heavy atom. The van der Waals surface area contributed by atoms with Gasteiger partial charge in [0.25, 0.3) is 0 Å². The average molecular weight is 293 g/mol. The number of ether oxygens (including phenoxy) is 1. The summed E-state index contributed by atoms with van der Waals surface area (Å²) < 4.78 is 18.1. The maximum Gasteiger partial charge on any atom is 0.310 e. The van der Waals surface area contributed by atoms with Gasteiger partial charge in [0.05, 0.1) is 19.1 Å². The molecule has 0 radical (unpaired) electrons. The molecule has 2 aliphatic rings. The topological polar surface area (TPSA) is 49.8 Å². The van der Waals surface area contributed by atoms with E-state index in [0.717, 1.165) is 12.0 Å². The summed E-state index contributed by atoms with van der Waals surface area (Å²) in [6.45, 7) is 0. The first-order valence-corrected chi connectivity index (χ1v) is 7.26. The van der Waals surface area contributed by atoms with Gasteiger partial charge in [0.2, 0.25) is 0 Å². The number of halogens is 1. The second-order valence-electron chi connectivity index (χ2n) is 6.06. The smallest absolute Gasteiger partial charge is 0.310 e. The summed E-state index contributed by atoms with van der Waals surface area (Å²) in [4.78, 5) is 14.4. The van der Waals surface area contributed by atoms with Crippen LogP contribution in [0.2, 0.25) is 0 Å². The number of methoxy groups -OCH3 is 1. The fourth-order valence-corrected chi connectivity index (χ4v) is 4.03. The first-order valence-electron chi connectivity index (χ1n) is 7.26. The molecule has 1 aromatic rings. The van der Waals surface area contributed by atoms with Crippen LogP contribution in [0.15, 0.2) is 24.3 Å². The van der Waals surface area contributed by atoms with Crippen LogP contribution in [0.4, 0.5) is 4.39 Å². The van der Waals surface area contributed by atoms with Crippen molar-refractivity contribution in [1.82, 2.24) is 4.90 Å². The van der Waals surface area contributed by atoms with E-state index in [1.54, 1.807) is 12.1 Å².